The van der Waals surface area contributed by atoms with Crippen LogP contribution in [0.25, 0.3) is 132 Å². The van der Waals surface area contributed by atoms with Crippen molar-refractivity contribution in [1.82, 2.24) is 9.13 Å². The monoisotopic (exact) mass is 988 g/mol. The molecule has 4 aromatic heterocycles. The molecular formula is C72H64N2O2. The molecule has 10 aromatic carbocycles. The third-order valence-corrected chi connectivity index (χ3v) is 16.7. The van der Waals surface area contributed by atoms with Gasteiger partial charge in [-0.2, -0.15) is 0 Å². The number of hydrogen-bond acceptors (Lipinski definition) is 2. The second-order valence-electron chi connectivity index (χ2n) is 25.9. The lowest BCUT2D eigenvalue weighted by Crippen LogP contribution is -2.10. The van der Waals surface area contributed by atoms with Gasteiger partial charge in [0, 0.05) is 60.0 Å². The first-order chi connectivity index (χ1) is 36.2. The van der Waals surface area contributed by atoms with Gasteiger partial charge in [0.25, 0.3) is 0 Å². The van der Waals surface area contributed by atoms with Crippen LogP contribution >= 0.6 is 0 Å². The quantitative estimate of drug-likeness (QED) is 0.177. The lowest BCUT2D eigenvalue weighted by atomic mass is 9.85. The first-order valence-electron chi connectivity index (χ1n) is 27.1. The fourth-order valence-corrected chi connectivity index (χ4v) is 12.3. The highest BCUT2D eigenvalue weighted by Crippen LogP contribution is 2.47. The van der Waals surface area contributed by atoms with Crippen LogP contribution in [-0.4, -0.2) is 9.13 Å². The largest absolute Gasteiger partial charge is 0.456 e. The Bertz CT molecular complexity index is 4460. The van der Waals surface area contributed by atoms with Crippen molar-refractivity contribution in [2.75, 3.05) is 0 Å². The zero-order valence-corrected chi connectivity index (χ0v) is 45.9. The minimum absolute atomic E-state index is 0.0330. The molecule has 4 nitrogen and oxygen atoms in total. The number of hydrogen-bond donors (Lipinski definition) is 0. The Morgan fingerprint density at radius 1 is 0.303 bits per heavy atom. The molecular weight excluding hydrogens is 925 g/mol. The van der Waals surface area contributed by atoms with Gasteiger partial charge in [-0.1, -0.05) is 150 Å². The number of fused-ring (bicyclic) bond motifs is 14. The van der Waals surface area contributed by atoms with Gasteiger partial charge in [-0.15, -0.1) is 0 Å². The van der Waals surface area contributed by atoms with Crippen LogP contribution in [0.15, 0.2) is 179 Å². The molecule has 0 fully saturated rings. The normalized spacial score (nSPS) is 13.3. The summed E-state index contributed by atoms with van der Waals surface area (Å²) in [5.41, 5.74) is 18.1. The molecule has 374 valence electrons. The van der Waals surface area contributed by atoms with Crippen molar-refractivity contribution in [3.63, 3.8) is 0 Å². The average molecular weight is 989 g/mol. The summed E-state index contributed by atoms with van der Waals surface area (Å²) in [6.45, 7) is 27.6. The molecule has 0 N–H and O–H groups in total. The van der Waals surface area contributed by atoms with E-state index in [0.29, 0.717) is 0 Å². The molecule has 0 spiro atoms. The van der Waals surface area contributed by atoms with Gasteiger partial charge in [0.15, 0.2) is 0 Å². The van der Waals surface area contributed by atoms with E-state index in [1.165, 1.54) is 65.9 Å². The first kappa shape index (κ1) is 46.5. The maximum Gasteiger partial charge on any atom is 0.144 e. The molecule has 0 amide bonds. The Kier molecular flexibility index (Phi) is 9.62. The SMILES string of the molecule is CC(C)(C)c1ccc2c(c1)c1cc(C(C)(C)C)ccc1n2-c1ccc2cc3c(cc2c1)oc1c(-c2ccccc2)c2c(cc13)oc1cc3cc(-n4c5ccc(C(C)(C)C)cc5c5cc(C(C)(C)C)ccc54)ccc3cc12. The van der Waals surface area contributed by atoms with E-state index >= 15 is 0 Å². The van der Waals surface area contributed by atoms with E-state index in [9.17, 15) is 0 Å². The summed E-state index contributed by atoms with van der Waals surface area (Å²) in [5, 5.41) is 14.0. The summed E-state index contributed by atoms with van der Waals surface area (Å²) >= 11 is 0. The lowest BCUT2D eigenvalue weighted by molar-refractivity contribution is 0.590. The topological polar surface area (TPSA) is 36.1 Å². The van der Waals surface area contributed by atoms with E-state index in [0.717, 1.165) is 87.9 Å². The van der Waals surface area contributed by atoms with E-state index in [1.807, 2.05) is 0 Å². The molecule has 0 saturated heterocycles. The van der Waals surface area contributed by atoms with Crippen LogP contribution < -0.4 is 0 Å². The molecule has 0 atom stereocenters. The van der Waals surface area contributed by atoms with Gasteiger partial charge in [-0.25, -0.2) is 0 Å². The summed E-state index contributed by atoms with van der Waals surface area (Å²) < 4.78 is 19.1. The molecule has 0 bridgehead atoms. The highest BCUT2D eigenvalue weighted by atomic mass is 16.3. The van der Waals surface area contributed by atoms with Crippen molar-refractivity contribution in [1.29, 1.82) is 0 Å². The van der Waals surface area contributed by atoms with E-state index in [1.54, 1.807) is 0 Å². The van der Waals surface area contributed by atoms with Gasteiger partial charge in [0.1, 0.15) is 22.3 Å². The first-order valence-corrected chi connectivity index (χ1v) is 27.1. The Morgan fingerprint density at radius 3 is 1.13 bits per heavy atom. The highest BCUT2D eigenvalue weighted by Gasteiger charge is 2.26. The maximum atomic E-state index is 7.15. The van der Waals surface area contributed by atoms with Crippen molar-refractivity contribution in [2.24, 2.45) is 0 Å². The van der Waals surface area contributed by atoms with Gasteiger partial charge in [-0.3, -0.25) is 0 Å². The molecule has 0 aliphatic rings. The highest BCUT2D eigenvalue weighted by molar-refractivity contribution is 6.25. The van der Waals surface area contributed by atoms with Gasteiger partial charge in [0.2, 0.25) is 0 Å². The summed E-state index contributed by atoms with van der Waals surface area (Å²) in [5.74, 6) is 0. The molecule has 0 saturated carbocycles. The Hall–Kier alpha value is -8.08. The number of aromatic nitrogens is 2. The van der Waals surface area contributed by atoms with E-state index < -0.39 is 0 Å². The smallest absolute Gasteiger partial charge is 0.144 e. The summed E-state index contributed by atoms with van der Waals surface area (Å²) in [6, 6.07) is 63.9. The van der Waals surface area contributed by atoms with Crippen LogP contribution in [0.2, 0.25) is 0 Å². The van der Waals surface area contributed by atoms with Crippen LogP contribution in [0.5, 0.6) is 0 Å². The van der Waals surface area contributed by atoms with Crippen LogP contribution in [0.1, 0.15) is 105 Å². The van der Waals surface area contributed by atoms with E-state index in [2.05, 4.69) is 262 Å². The molecule has 4 heterocycles. The van der Waals surface area contributed by atoms with Gasteiger partial charge >= 0.3 is 0 Å². The van der Waals surface area contributed by atoms with Crippen molar-refractivity contribution in [2.45, 2.75) is 105 Å². The molecule has 0 aliphatic heterocycles. The molecule has 14 rings (SSSR count). The van der Waals surface area contributed by atoms with Crippen molar-refractivity contribution in [3.8, 4) is 22.5 Å². The number of nitrogens with zero attached hydrogens (tertiary/aromatic N) is 2. The predicted octanol–water partition coefficient (Wildman–Crippen LogP) is 20.8. The van der Waals surface area contributed by atoms with E-state index in [-0.39, 0.29) is 21.7 Å². The van der Waals surface area contributed by atoms with Crippen molar-refractivity contribution >= 4 is 109 Å². The molecule has 4 heteroatoms. The molecule has 0 radical (unpaired) electrons. The van der Waals surface area contributed by atoms with Crippen LogP contribution in [-0.2, 0) is 21.7 Å². The third-order valence-electron chi connectivity index (χ3n) is 16.7. The molecule has 0 aliphatic carbocycles. The predicted molar refractivity (Wildman–Crippen MR) is 325 cm³/mol. The van der Waals surface area contributed by atoms with E-state index in [4.69, 9.17) is 8.83 Å². The second kappa shape index (κ2) is 15.7. The Morgan fingerprint density at radius 2 is 0.711 bits per heavy atom. The van der Waals surface area contributed by atoms with Gasteiger partial charge < -0.3 is 18.0 Å². The Labute approximate surface area is 444 Å². The van der Waals surface area contributed by atoms with Gasteiger partial charge in [-0.05, 0) is 174 Å². The van der Waals surface area contributed by atoms with Crippen LogP contribution in [0.4, 0.5) is 0 Å². The van der Waals surface area contributed by atoms with Crippen LogP contribution in [0.3, 0.4) is 0 Å². The standard InChI is InChI=1S/C72H64N2O2/c1-69(2,3)46-20-26-59-52(36-46)53-37-47(70(4,5)6)21-27-60(53)73(59)50-24-18-42-32-56-57-40-65-67(66(41-16-14-13-15-17-41)68(57)76-63(56)34-44(42)30-50)58-33-43-19-25-51(31-45(43)35-64(58)75-65)74-61-28-22-48(71(7,8)9)38-54(61)55-39-49(72(10,11)12)23-29-62(55)74/h13-40H,1-12H3. The lowest BCUT2D eigenvalue weighted by Gasteiger charge is -2.19. The van der Waals surface area contributed by atoms with Crippen molar-refractivity contribution < 1.29 is 8.83 Å². The molecule has 76 heavy (non-hydrogen) atoms. The summed E-state index contributed by atoms with van der Waals surface area (Å²) in [4.78, 5) is 0. The van der Waals surface area contributed by atoms with Gasteiger partial charge in [0.05, 0.1) is 22.1 Å². The molecule has 0 unspecified atom stereocenters. The zero-order chi connectivity index (χ0) is 52.5. The Balaban J connectivity index is 0.935. The minimum atomic E-state index is 0.0330. The van der Waals surface area contributed by atoms with Crippen molar-refractivity contribution in [3.05, 3.63) is 192 Å². The zero-order valence-electron chi connectivity index (χ0n) is 45.9. The molecule has 14 aromatic rings. The second-order valence-corrected chi connectivity index (χ2v) is 25.9. The summed E-state index contributed by atoms with van der Waals surface area (Å²) in [6.07, 6.45) is 0. The number of benzene rings is 10. The third kappa shape index (κ3) is 7.09. The fourth-order valence-electron chi connectivity index (χ4n) is 12.3. The van der Waals surface area contributed by atoms with Crippen LogP contribution in [0, 0.1) is 0 Å². The number of furan rings is 2. The minimum Gasteiger partial charge on any atom is -0.456 e. The number of rotatable bonds is 3. The average Bonchev–Trinajstić information content (AvgIpc) is 4.17. The maximum absolute atomic E-state index is 7.15. The fraction of sp³-hybridized carbons (Fsp3) is 0.222. The summed E-state index contributed by atoms with van der Waals surface area (Å²) in [7, 11) is 0.